The number of ether oxygens (including phenoxy) is 1. The van der Waals surface area contributed by atoms with E-state index < -0.39 is 0 Å². The zero-order chi connectivity index (χ0) is 14.5. The van der Waals surface area contributed by atoms with Gasteiger partial charge in [-0.1, -0.05) is 0 Å². The van der Waals surface area contributed by atoms with Crippen molar-refractivity contribution in [1.82, 2.24) is 14.9 Å². The van der Waals surface area contributed by atoms with E-state index in [1.807, 2.05) is 25.1 Å². The highest BCUT2D eigenvalue weighted by atomic mass is 16.5. The van der Waals surface area contributed by atoms with Gasteiger partial charge in [-0.25, -0.2) is 9.97 Å². The summed E-state index contributed by atoms with van der Waals surface area (Å²) in [5.41, 5.74) is 0. The second-order valence-electron chi connectivity index (χ2n) is 4.80. The predicted molar refractivity (Wildman–Crippen MR) is 76.8 cm³/mol. The number of rotatable bonds is 4. The summed E-state index contributed by atoms with van der Waals surface area (Å²) in [6.07, 6.45) is 0.931. The molecule has 0 spiro atoms. The van der Waals surface area contributed by atoms with Crippen LogP contribution in [0.15, 0.2) is 6.07 Å². The number of hydrogen-bond acceptors (Lipinski definition) is 6. The fraction of sp³-hybridized carbons (Fsp3) is 0.615. The molecule has 2 rings (SSSR count). The lowest BCUT2D eigenvalue weighted by Gasteiger charge is -2.21. The van der Waals surface area contributed by atoms with Gasteiger partial charge in [0.1, 0.15) is 18.2 Å². The maximum Gasteiger partial charge on any atom is 0.241 e. The summed E-state index contributed by atoms with van der Waals surface area (Å²) in [6.45, 7) is 2.29. The largest absolute Gasteiger partial charge is 0.377 e. The molecule has 0 radical (unpaired) electrons. The Morgan fingerprint density at radius 1 is 1.40 bits per heavy atom. The normalized spacial score (nSPS) is 16.2. The Morgan fingerprint density at radius 3 is 2.90 bits per heavy atom. The lowest BCUT2D eigenvalue weighted by Crippen LogP contribution is -2.34. The monoisotopic (exact) mass is 279 g/mol. The van der Waals surface area contributed by atoms with Gasteiger partial charge in [-0.15, -0.1) is 0 Å². The molecule has 1 fully saturated rings. The van der Waals surface area contributed by atoms with Gasteiger partial charge >= 0.3 is 0 Å². The van der Waals surface area contributed by atoms with Gasteiger partial charge in [0.15, 0.2) is 5.82 Å². The molecular formula is C13H21N5O2. The van der Waals surface area contributed by atoms with Gasteiger partial charge in [0.25, 0.3) is 0 Å². The van der Waals surface area contributed by atoms with Gasteiger partial charge in [-0.05, 0) is 6.42 Å². The van der Waals surface area contributed by atoms with Crippen molar-refractivity contribution >= 4 is 17.5 Å². The number of hydrogen-bond donors (Lipinski definition) is 1. The number of nitrogens with one attached hydrogen (secondary N) is 1. The van der Waals surface area contributed by atoms with E-state index in [4.69, 9.17) is 4.74 Å². The van der Waals surface area contributed by atoms with Crippen LogP contribution in [0.5, 0.6) is 0 Å². The first kappa shape index (κ1) is 14.5. The molecular weight excluding hydrogens is 258 g/mol. The second-order valence-corrected chi connectivity index (χ2v) is 4.80. The van der Waals surface area contributed by atoms with E-state index in [1.54, 1.807) is 12.0 Å². The van der Waals surface area contributed by atoms with Crippen molar-refractivity contribution in [3.8, 4) is 0 Å². The number of amides is 1. The fourth-order valence-electron chi connectivity index (χ4n) is 2.15. The first-order valence-corrected chi connectivity index (χ1v) is 6.67. The van der Waals surface area contributed by atoms with Crippen LogP contribution in [-0.4, -0.2) is 61.6 Å². The molecule has 7 nitrogen and oxygen atoms in total. The maximum atomic E-state index is 12.0. The number of aromatic nitrogens is 2. The topological polar surface area (TPSA) is 70.6 Å². The van der Waals surface area contributed by atoms with Crippen molar-refractivity contribution in [2.24, 2.45) is 0 Å². The van der Waals surface area contributed by atoms with Crippen molar-refractivity contribution in [3.05, 3.63) is 11.9 Å². The Morgan fingerprint density at radius 2 is 2.20 bits per heavy atom. The number of nitrogens with zero attached hydrogens (tertiary/aromatic N) is 4. The van der Waals surface area contributed by atoms with E-state index >= 15 is 0 Å². The average molecular weight is 279 g/mol. The number of anilines is 2. The van der Waals surface area contributed by atoms with Gasteiger partial charge in [-0.2, -0.15) is 0 Å². The summed E-state index contributed by atoms with van der Waals surface area (Å²) in [4.78, 5) is 24.5. The summed E-state index contributed by atoms with van der Waals surface area (Å²) >= 11 is 0. The van der Waals surface area contributed by atoms with Crippen LogP contribution in [0.1, 0.15) is 12.2 Å². The SMILES string of the molecule is CNc1cc(N2CCCN(C)C(=O)C2)nc(COC)n1. The molecule has 0 aromatic carbocycles. The third-order valence-corrected chi connectivity index (χ3v) is 3.29. The number of carbonyl (C=O) groups excluding carboxylic acids is 1. The van der Waals surface area contributed by atoms with E-state index in [2.05, 4.69) is 15.3 Å². The van der Waals surface area contributed by atoms with Crippen molar-refractivity contribution < 1.29 is 9.53 Å². The number of likely N-dealkylation sites (N-methyl/N-ethyl adjacent to an activating group) is 1. The summed E-state index contributed by atoms with van der Waals surface area (Å²) in [5, 5.41) is 3.01. The summed E-state index contributed by atoms with van der Waals surface area (Å²) in [7, 11) is 5.25. The van der Waals surface area contributed by atoms with Crippen LogP contribution < -0.4 is 10.2 Å². The first-order valence-electron chi connectivity index (χ1n) is 6.67. The molecule has 7 heteroatoms. The number of carbonyl (C=O) groups is 1. The van der Waals surface area contributed by atoms with E-state index in [9.17, 15) is 4.79 Å². The third-order valence-electron chi connectivity index (χ3n) is 3.29. The lowest BCUT2D eigenvalue weighted by atomic mass is 10.3. The van der Waals surface area contributed by atoms with Crippen molar-refractivity contribution in [2.75, 3.05) is 51.1 Å². The highest BCUT2D eigenvalue weighted by Gasteiger charge is 2.20. The second kappa shape index (κ2) is 6.51. The molecule has 1 aliphatic heterocycles. The fourth-order valence-corrected chi connectivity index (χ4v) is 2.15. The van der Waals surface area contributed by atoms with Crippen molar-refractivity contribution in [2.45, 2.75) is 13.0 Å². The van der Waals surface area contributed by atoms with Crippen LogP contribution in [0.3, 0.4) is 0 Å². The molecule has 0 saturated carbocycles. The molecule has 1 aliphatic rings. The summed E-state index contributed by atoms with van der Waals surface area (Å²) in [6, 6.07) is 1.86. The molecule has 1 aromatic rings. The van der Waals surface area contributed by atoms with Gasteiger partial charge in [0, 0.05) is 40.4 Å². The van der Waals surface area contributed by atoms with Crippen LogP contribution in [0.25, 0.3) is 0 Å². The van der Waals surface area contributed by atoms with E-state index in [1.165, 1.54) is 0 Å². The minimum Gasteiger partial charge on any atom is -0.377 e. The highest BCUT2D eigenvalue weighted by molar-refractivity contribution is 5.81. The van der Waals surface area contributed by atoms with Crippen molar-refractivity contribution in [3.63, 3.8) is 0 Å². The Hall–Kier alpha value is -1.89. The van der Waals surface area contributed by atoms with E-state index in [-0.39, 0.29) is 5.91 Å². The van der Waals surface area contributed by atoms with Crippen LogP contribution >= 0.6 is 0 Å². The third kappa shape index (κ3) is 3.36. The van der Waals surface area contributed by atoms with Crippen molar-refractivity contribution in [1.29, 1.82) is 0 Å². The van der Waals surface area contributed by atoms with Crippen LogP contribution in [0.4, 0.5) is 11.6 Å². The zero-order valence-corrected chi connectivity index (χ0v) is 12.2. The van der Waals surface area contributed by atoms with Crippen LogP contribution in [-0.2, 0) is 16.1 Å². The highest BCUT2D eigenvalue weighted by Crippen LogP contribution is 2.18. The molecule has 0 unspecified atom stereocenters. The summed E-state index contributed by atoms with van der Waals surface area (Å²) in [5.74, 6) is 2.21. The molecule has 0 aliphatic carbocycles. The molecule has 2 heterocycles. The van der Waals surface area contributed by atoms with Gasteiger partial charge in [-0.3, -0.25) is 4.79 Å². The van der Waals surface area contributed by atoms with Gasteiger partial charge < -0.3 is 19.9 Å². The standard InChI is InChI=1S/C13H21N5O2/c1-14-10-7-12(16-11(15-10)9-20-3)18-6-4-5-17(2)13(19)8-18/h7H,4-6,8-9H2,1-3H3,(H,14,15,16). The van der Waals surface area contributed by atoms with Gasteiger partial charge in [0.2, 0.25) is 5.91 Å². The molecule has 110 valence electrons. The molecule has 1 saturated heterocycles. The Kier molecular flexibility index (Phi) is 4.73. The predicted octanol–water partition coefficient (Wildman–Crippen LogP) is 0.333. The minimum atomic E-state index is 0.111. The van der Waals surface area contributed by atoms with E-state index in [0.29, 0.717) is 19.0 Å². The Balaban J connectivity index is 2.25. The molecule has 0 atom stereocenters. The van der Waals surface area contributed by atoms with Crippen LogP contribution in [0, 0.1) is 0 Å². The minimum absolute atomic E-state index is 0.111. The molecule has 1 aromatic heterocycles. The van der Waals surface area contributed by atoms with Crippen LogP contribution in [0.2, 0.25) is 0 Å². The van der Waals surface area contributed by atoms with E-state index in [0.717, 1.165) is 31.1 Å². The molecule has 20 heavy (non-hydrogen) atoms. The Labute approximate surface area is 118 Å². The smallest absolute Gasteiger partial charge is 0.241 e. The zero-order valence-electron chi connectivity index (χ0n) is 12.2. The Bertz CT molecular complexity index is 480. The lowest BCUT2D eigenvalue weighted by molar-refractivity contribution is -0.127. The molecule has 1 amide bonds. The maximum absolute atomic E-state index is 12.0. The molecule has 1 N–H and O–H groups in total. The quantitative estimate of drug-likeness (QED) is 0.856. The number of methoxy groups -OCH3 is 1. The summed E-state index contributed by atoms with van der Waals surface area (Å²) < 4.78 is 5.09. The first-order chi connectivity index (χ1) is 9.63. The average Bonchev–Trinajstić information content (AvgIpc) is 2.61. The molecule has 0 bridgehead atoms. The van der Waals surface area contributed by atoms with Gasteiger partial charge in [0.05, 0.1) is 6.54 Å².